The van der Waals surface area contributed by atoms with Gasteiger partial charge in [-0.3, -0.25) is 19.4 Å². The van der Waals surface area contributed by atoms with Gasteiger partial charge in [-0.1, -0.05) is 23.7 Å². The second-order valence-corrected chi connectivity index (χ2v) is 7.88. The molecule has 2 aromatic rings. The minimum atomic E-state index is -0.454. The highest BCUT2D eigenvalue weighted by Crippen LogP contribution is 2.34. The Hall–Kier alpha value is -2.94. The lowest BCUT2D eigenvalue weighted by Gasteiger charge is -2.28. The van der Waals surface area contributed by atoms with E-state index in [1.807, 2.05) is 0 Å². The van der Waals surface area contributed by atoms with Gasteiger partial charge in [0.15, 0.2) is 0 Å². The number of hydrogen-bond donors (Lipinski definition) is 1. The van der Waals surface area contributed by atoms with Gasteiger partial charge in [0.2, 0.25) is 0 Å². The molecule has 0 aromatic heterocycles. The molecule has 2 aromatic carbocycles. The zero-order chi connectivity index (χ0) is 22.7. The first-order valence-electron chi connectivity index (χ1n) is 10.2. The van der Waals surface area contributed by atoms with Gasteiger partial charge in [0, 0.05) is 31.2 Å². The smallest absolute Gasteiger partial charge is 0.278 e. The van der Waals surface area contributed by atoms with Gasteiger partial charge in [-0.25, -0.2) is 4.39 Å². The van der Waals surface area contributed by atoms with Crippen molar-refractivity contribution in [3.63, 3.8) is 0 Å². The highest BCUT2D eigenvalue weighted by molar-refractivity contribution is 6.36. The van der Waals surface area contributed by atoms with E-state index in [1.165, 1.54) is 36.3 Å². The summed E-state index contributed by atoms with van der Waals surface area (Å²) in [6.07, 6.45) is 0. The Balaban J connectivity index is 1.66. The Morgan fingerprint density at radius 2 is 1.78 bits per heavy atom. The molecule has 0 spiro atoms. The fourth-order valence-corrected chi connectivity index (χ4v) is 3.93. The van der Waals surface area contributed by atoms with E-state index in [2.05, 4.69) is 10.2 Å². The molecule has 0 unspecified atom stereocenters. The van der Waals surface area contributed by atoms with Crippen molar-refractivity contribution in [1.82, 2.24) is 9.80 Å². The van der Waals surface area contributed by atoms with Crippen molar-refractivity contribution >= 4 is 34.7 Å². The van der Waals surface area contributed by atoms with Gasteiger partial charge in [0.25, 0.3) is 11.8 Å². The van der Waals surface area contributed by atoms with E-state index in [9.17, 15) is 14.0 Å². The maximum absolute atomic E-state index is 13.5. The average Bonchev–Trinajstić information content (AvgIpc) is 3.03. The van der Waals surface area contributed by atoms with E-state index in [0.29, 0.717) is 41.8 Å². The van der Waals surface area contributed by atoms with E-state index < -0.39 is 17.6 Å². The molecule has 9 heteroatoms. The van der Waals surface area contributed by atoms with Crippen molar-refractivity contribution in [2.45, 2.75) is 0 Å². The lowest BCUT2D eigenvalue weighted by molar-refractivity contribution is -0.137. The number of imide groups is 1. The molecule has 2 aliphatic rings. The monoisotopic (exact) mass is 459 g/mol. The van der Waals surface area contributed by atoms with E-state index in [1.54, 1.807) is 18.2 Å². The molecule has 7 nitrogen and oxygen atoms in total. The van der Waals surface area contributed by atoms with Crippen molar-refractivity contribution in [2.75, 3.05) is 51.8 Å². The van der Waals surface area contributed by atoms with E-state index in [0.717, 1.165) is 13.1 Å². The summed E-state index contributed by atoms with van der Waals surface area (Å²) in [5.41, 5.74) is 1.18. The van der Waals surface area contributed by atoms with Gasteiger partial charge in [-0.15, -0.1) is 0 Å². The highest BCUT2D eigenvalue weighted by Gasteiger charge is 2.39. The third-order valence-corrected chi connectivity index (χ3v) is 5.70. The molecule has 168 valence electrons. The first-order valence-corrected chi connectivity index (χ1v) is 10.6. The van der Waals surface area contributed by atoms with Crippen LogP contribution in [0.3, 0.4) is 0 Å². The minimum absolute atomic E-state index is 0.101. The number of benzene rings is 2. The molecule has 0 radical (unpaired) electrons. The fraction of sp³-hybridized carbons (Fsp3) is 0.304. The lowest BCUT2D eigenvalue weighted by atomic mass is 10.0. The van der Waals surface area contributed by atoms with Crippen LogP contribution in [0.25, 0.3) is 5.57 Å². The summed E-state index contributed by atoms with van der Waals surface area (Å²) >= 11 is 6.13. The van der Waals surface area contributed by atoms with Gasteiger partial charge in [0.05, 0.1) is 31.6 Å². The number of carbonyl (C=O) groups is 2. The third-order valence-electron chi connectivity index (χ3n) is 5.47. The van der Waals surface area contributed by atoms with Crippen LogP contribution in [0.2, 0.25) is 5.02 Å². The Bertz CT molecular complexity index is 1050. The lowest BCUT2D eigenvalue weighted by Crippen LogP contribution is -2.43. The Labute approximate surface area is 190 Å². The van der Waals surface area contributed by atoms with Gasteiger partial charge in [0.1, 0.15) is 17.3 Å². The van der Waals surface area contributed by atoms with Crippen LogP contribution >= 0.6 is 11.6 Å². The molecule has 1 N–H and O–H groups in total. The van der Waals surface area contributed by atoms with Crippen LogP contribution in [-0.2, 0) is 14.3 Å². The van der Waals surface area contributed by atoms with Crippen molar-refractivity contribution in [3.05, 3.63) is 64.6 Å². The number of morpholine rings is 1. The molecule has 1 fully saturated rings. The van der Waals surface area contributed by atoms with Crippen LogP contribution in [0.4, 0.5) is 10.1 Å². The Kier molecular flexibility index (Phi) is 6.74. The molecule has 1 saturated heterocycles. The maximum Gasteiger partial charge on any atom is 0.278 e. The summed E-state index contributed by atoms with van der Waals surface area (Å²) in [6, 6.07) is 10.4. The predicted molar refractivity (Wildman–Crippen MR) is 119 cm³/mol. The molecule has 32 heavy (non-hydrogen) atoms. The number of ether oxygens (including phenoxy) is 2. The van der Waals surface area contributed by atoms with Crippen molar-refractivity contribution in [1.29, 1.82) is 0 Å². The van der Waals surface area contributed by atoms with Gasteiger partial charge < -0.3 is 14.8 Å². The summed E-state index contributed by atoms with van der Waals surface area (Å²) in [6.45, 7) is 3.54. The summed E-state index contributed by atoms with van der Waals surface area (Å²) in [5.74, 6) is -0.850. The summed E-state index contributed by atoms with van der Waals surface area (Å²) < 4.78 is 24.2. The minimum Gasteiger partial charge on any atom is -0.495 e. The first-order chi connectivity index (χ1) is 15.5. The van der Waals surface area contributed by atoms with Crippen LogP contribution in [0.15, 0.2) is 48.2 Å². The fourth-order valence-electron chi connectivity index (χ4n) is 3.76. The summed E-state index contributed by atoms with van der Waals surface area (Å²) in [4.78, 5) is 30.0. The molecule has 0 bridgehead atoms. The number of amides is 2. The van der Waals surface area contributed by atoms with E-state index >= 15 is 0 Å². The molecule has 2 amide bonds. The molecule has 0 atom stereocenters. The quantitative estimate of drug-likeness (QED) is 0.642. The number of halogens is 2. The zero-order valence-corrected chi connectivity index (χ0v) is 18.3. The zero-order valence-electron chi connectivity index (χ0n) is 17.6. The molecule has 0 saturated carbocycles. The molecular formula is C23H23ClFN3O4. The molecule has 0 aliphatic carbocycles. The van der Waals surface area contributed by atoms with Crippen molar-refractivity contribution < 1.29 is 23.5 Å². The van der Waals surface area contributed by atoms with Gasteiger partial charge in [-0.2, -0.15) is 0 Å². The standard InChI is InChI=1S/C23H23ClFN3O4/c1-31-19-7-4-16(24)14-18(19)26-21-20(15-2-5-17(25)6-3-15)22(29)28(23(21)30)9-8-27-10-12-32-13-11-27/h2-7,14,26H,8-13H2,1H3. The number of carbonyl (C=O) groups excluding carboxylic acids is 2. The first kappa shape index (κ1) is 22.3. The Morgan fingerprint density at radius 3 is 2.47 bits per heavy atom. The molecule has 2 aliphatic heterocycles. The number of methoxy groups -OCH3 is 1. The van der Waals surface area contributed by atoms with Crippen LogP contribution in [0.1, 0.15) is 5.56 Å². The number of rotatable bonds is 7. The van der Waals surface area contributed by atoms with Crippen molar-refractivity contribution in [2.24, 2.45) is 0 Å². The highest BCUT2D eigenvalue weighted by atomic mass is 35.5. The second kappa shape index (κ2) is 9.68. The van der Waals surface area contributed by atoms with Gasteiger partial charge >= 0.3 is 0 Å². The normalized spacial score (nSPS) is 17.3. The number of anilines is 1. The van der Waals surface area contributed by atoms with E-state index in [-0.39, 0.29) is 17.8 Å². The summed E-state index contributed by atoms with van der Waals surface area (Å²) in [5, 5.41) is 3.49. The molecular weight excluding hydrogens is 437 g/mol. The van der Waals surface area contributed by atoms with Crippen LogP contribution in [0.5, 0.6) is 5.75 Å². The van der Waals surface area contributed by atoms with E-state index in [4.69, 9.17) is 21.1 Å². The third kappa shape index (κ3) is 4.62. The van der Waals surface area contributed by atoms with Crippen molar-refractivity contribution in [3.8, 4) is 5.75 Å². The maximum atomic E-state index is 13.5. The second-order valence-electron chi connectivity index (χ2n) is 7.44. The predicted octanol–water partition coefficient (Wildman–Crippen LogP) is 3.01. The van der Waals surface area contributed by atoms with Crippen LogP contribution < -0.4 is 10.1 Å². The SMILES string of the molecule is COc1ccc(Cl)cc1NC1=C(c2ccc(F)cc2)C(=O)N(CCN2CCOCC2)C1=O. The molecule has 2 heterocycles. The number of nitrogens with zero attached hydrogens (tertiary/aromatic N) is 2. The summed E-state index contributed by atoms with van der Waals surface area (Å²) in [7, 11) is 1.50. The topological polar surface area (TPSA) is 71.1 Å². The number of nitrogens with one attached hydrogen (secondary N) is 1. The Morgan fingerprint density at radius 1 is 1.06 bits per heavy atom. The molecule has 4 rings (SSSR count). The van der Waals surface area contributed by atoms with Crippen LogP contribution in [-0.4, -0.2) is 68.1 Å². The average molecular weight is 460 g/mol. The van der Waals surface area contributed by atoms with Gasteiger partial charge in [-0.05, 0) is 35.9 Å². The largest absolute Gasteiger partial charge is 0.495 e. The van der Waals surface area contributed by atoms with Crippen LogP contribution in [0, 0.1) is 5.82 Å². The number of hydrogen-bond acceptors (Lipinski definition) is 6.